The first-order valence-electron chi connectivity index (χ1n) is 11.8. The van der Waals surface area contributed by atoms with Crippen LogP contribution < -0.4 is 10.1 Å². The zero-order chi connectivity index (χ0) is 26.3. The predicted molar refractivity (Wildman–Crippen MR) is 137 cm³/mol. The third-order valence-corrected chi connectivity index (χ3v) is 7.14. The van der Waals surface area contributed by atoms with E-state index in [4.69, 9.17) is 4.74 Å². The van der Waals surface area contributed by atoms with Crippen molar-refractivity contribution in [3.05, 3.63) is 78.8 Å². The first kappa shape index (κ1) is 26.5. The zero-order valence-electron chi connectivity index (χ0n) is 19.9. The fourth-order valence-electron chi connectivity index (χ4n) is 3.69. The third kappa shape index (κ3) is 7.94. The Morgan fingerprint density at radius 3 is 2.49 bits per heavy atom. The summed E-state index contributed by atoms with van der Waals surface area (Å²) in [4.78, 5) is 20.9. The molecule has 0 saturated heterocycles. The van der Waals surface area contributed by atoms with Gasteiger partial charge in [-0.2, -0.15) is 12.8 Å². The van der Waals surface area contributed by atoms with E-state index in [0.717, 1.165) is 24.6 Å². The summed E-state index contributed by atoms with van der Waals surface area (Å²) in [5.41, 5.74) is 0.806. The molecule has 2 atom stereocenters. The highest BCUT2D eigenvalue weighted by atomic mass is 32.2. The Kier molecular flexibility index (Phi) is 8.64. The number of hydrogen-bond acceptors (Lipinski definition) is 8. The Labute approximate surface area is 215 Å². The smallest absolute Gasteiger partial charge is 0.438 e. The number of nitrogens with zero attached hydrogens (tertiary/aromatic N) is 3. The number of carbonyl (C=O) groups is 1. The van der Waals surface area contributed by atoms with Crippen molar-refractivity contribution in [3.63, 3.8) is 0 Å². The molecule has 37 heavy (non-hydrogen) atoms. The number of rotatable bonds is 12. The standard InChI is InChI=1S/C25H27BN4O6S/c31-25(30-23(26(32)33)15-19-6-7-19)20(14-18-4-2-1-3-5-18)16-29-37(34,35)22-10-8-21(9-11-22)36-24-17-27-12-13-28-24/h1-5,8-13,16-17,19-20,23,32-33H,6-7,14-15H2,(H,30,31)/b29-16+/t20?,23-/m0/s1. The maximum atomic E-state index is 13.1. The van der Waals surface area contributed by atoms with E-state index in [0.29, 0.717) is 18.1 Å². The molecule has 1 saturated carbocycles. The lowest BCUT2D eigenvalue weighted by atomic mass is 9.76. The lowest BCUT2D eigenvalue weighted by molar-refractivity contribution is -0.123. The molecule has 2 aromatic carbocycles. The van der Waals surface area contributed by atoms with Gasteiger partial charge in [0.2, 0.25) is 11.8 Å². The number of amides is 1. The molecule has 1 amide bonds. The van der Waals surface area contributed by atoms with Crippen molar-refractivity contribution in [2.24, 2.45) is 16.2 Å². The number of carbonyl (C=O) groups excluding carboxylic acids is 1. The van der Waals surface area contributed by atoms with Crippen LogP contribution in [0.3, 0.4) is 0 Å². The van der Waals surface area contributed by atoms with Gasteiger partial charge >= 0.3 is 7.12 Å². The number of aromatic nitrogens is 2. The lowest BCUT2D eigenvalue weighted by Gasteiger charge is -2.20. The second-order valence-corrected chi connectivity index (χ2v) is 10.5. The van der Waals surface area contributed by atoms with Crippen LogP contribution in [0.4, 0.5) is 0 Å². The Hall–Kier alpha value is -3.61. The molecule has 3 N–H and O–H groups in total. The van der Waals surface area contributed by atoms with Crippen LogP contribution in [0.25, 0.3) is 0 Å². The molecule has 0 radical (unpaired) electrons. The van der Waals surface area contributed by atoms with Gasteiger partial charge in [-0.05, 0) is 48.6 Å². The van der Waals surface area contributed by atoms with E-state index in [2.05, 4.69) is 19.7 Å². The van der Waals surface area contributed by atoms with E-state index in [1.165, 1.54) is 42.9 Å². The molecule has 0 spiro atoms. The maximum Gasteiger partial charge on any atom is 0.475 e. The Morgan fingerprint density at radius 2 is 1.86 bits per heavy atom. The van der Waals surface area contributed by atoms with E-state index in [9.17, 15) is 23.3 Å². The summed E-state index contributed by atoms with van der Waals surface area (Å²) < 4.78 is 35.1. The van der Waals surface area contributed by atoms with Gasteiger partial charge in [0.25, 0.3) is 10.0 Å². The molecule has 3 aromatic rings. The molecule has 192 valence electrons. The second kappa shape index (κ2) is 12.1. The van der Waals surface area contributed by atoms with Crippen LogP contribution in [0.15, 0.2) is 82.5 Å². The molecule has 1 aliphatic carbocycles. The molecular weight excluding hydrogens is 495 g/mol. The Morgan fingerprint density at radius 1 is 1.14 bits per heavy atom. The number of nitrogens with one attached hydrogen (secondary N) is 1. The van der Waals surface area contributed by atoms with Crippen LogP contribution in [0.2, 0.25) is 0 Å². The van der Waals surface area contributed by atoms with Gasteiger partial charge in [0.1, 0.15) is 5.75 Å². The minimum atomic E-state index is -4.12. The number of sulfonamides is 1. The molecular formula is C25H27BN4O6S. The highest BCUT2D eigenvalue weighted by Crippen LogP contribution is 2.33. The normalized spacial score (nSPS) is 15.2. The largest absolute Gasteiger partial charge is 0.475 e. The van der Waals surface area contributed by atoms with E-state index < -0.39 is 34.9 Å². The third-order valence-electron chi connectivity index (χ3n) is 5.87. The van der Waals surface area contributed by atoms with Crippen LogP contribution in [0.1, 0.15) is 24.8 Å². The fourth-order valence-corrected chi connectivity index (χ4v) is 4.60. The van der Waals surface area contributed by atoms with Crippen LogP contribution in [0, 0.1) is 11.8 Å². The average molecular weight is 522 g/mol. The van der Waals surface area contributed by atoms with Crippen LogP contribution in [0.5, 0.6) is 11.6 Å². The summed E-state index contributed by atoms with van der Waals surface area (Å²) in [5, 5.41) is 22.1. The molecule has 1 heterocycles. The first-order valence-corrected chi connectivity index (χ1v) is 13.3. The van der Waals surface area contributed by atoms with Gasteiger partial charge in [0, 0.05) is 18.6 Å². The van der Waals surface area contributed by atoms with Crippen molar-refractivity contribution in [3.8, 4) is 11.6 Å². The van der Waals surface area contributed by atoms with Crippen molar-refractivity contribution in [1.29, 1.82) is 0 Å². The lowest BCUT2D eigenvalue weighted by Crippen LogP contribution is -2.49. The zero-order valence-corrected chi connectivity index (χ0v) is 20.7. The molecule has 1 fully saturated rings. The number of ether oxygens (including phenoxy) is 1. The van der Waals surface area contributed by atoms with Gasteiger partial charge in [-0.15, -0.1) is 0 Å². The molecule has 1 aliphatic rings. The van der Waals surface area contributed by atoms with Crippen LogP contribution >= 0.6 is 0 Å². The molecule has 12 heteroatoms. The fraction of sp³-hybridized carbons (Fsp3) is 0.280. The maximum absolute atomic E-state index is 13.1. The van der Waals surface area contributed by atoms with E-state index in [1.807, 2.05) is 30.3 Å². The molecule has 1 unspecified atom stereocenters. The van der Waals surface area contributed by atoms with Gasteiger partial charge in [-0.3, -0.25) is 9.78 Å². The first-order chi connectivity index (χ1) is 17.8. The summed E-state index contributed by atoms with van der Waals surface area (Å²) in [6, 6.07) is 14.7. The quantitative estimate of drug-likeness (QED) is 0.242. The monoisotopic (exact) mass is 522 g/mol. The molecule has 10 nitrogen and oxygen atoms in total. The summed E-state index contributed by atoms with van der Waals surface area (Å²) in [6.45, 7) is 0. The SMILES string of the molecule is O=C(N[C@@H](CC1CC1)B(O)O)C(/C=N/S(=O)(=O)c1ccc(Oc2cnccn2)cc1)Cc1ccccc1. The van der Waals surface area contributed by atoms with Crippen molar-refractivity contribution < 1.29 is 28.0 Å². The van der Waals surface area contributed by atoms with E-state index >= 15 is 0 Å². The second-order valence-electron chi connectivity index (χ2n) is 8.85. The van der Waals surface area contributed by atoms with Crippen molar-refractivity contribution in [2.75, 3.05) is 0 Å². The Balaban J connectivity index is 1.49. The summed E-state index contributed by atoms with van der Waals surface area (Å²) in [6.07, 6.45) is 8.10. The summed E-state index contributed by atoms with van der Waals surface area (Å²) >= 11 is 0. The van der Waals surface area contributed by atoms with Crippen molar-refractivity contribution in [2.45, 2.75) is 36.5 Å². The molecule has 4 rings (SSSR count). The van der Waals surface area contributed by atoms with Crippen molar-refractivity contribution in [1.82, 2.24) is 15.3 Å². The number of hydrogen-bond donors (Lipinski definition) is 3. The summed E-state index contributed by atoms with van der Waals surface area (Å²) in [5.74, 6) is -1.35. The predicted octanol–water partition coefficient (Wildman–Crippen LogP) is 2.18. The van der Waals surface area contributed by atoms with E-state index in [1.54, 1.807) is 0 Å². The van der Waals surface area contributed by atoms with Crippen molar-refractivity contribution >= 4 is 29.3 Å². The average Bonchev–Trinajstić information content (AvgIpc) is 3.72. The summed E-state index contributed by atoms with van der Waals surface area (Å²) in [7, 11) is -5.83. The van der Waals surface area contributed by atoms with Gasteiger partial charge < -0.3 is 20.1 Å². The Bertz CT molecular complexity index is 1300. The van der Waals surface area contributed by atoms with Gasteiger partial charge in [0.15, 0.2) is 0 Å². The van der Waals surface area contributed by atoms with Gasteiger partial charge in [-0.25, -0.2) is 4.98 Å². The number of benzene rings is 2. The highest BCUT2D eigenvalue weighted by molar-refractivity contribution is 7.90. The van der Waals surface area contributed by atoms with Gasteiger partial charge in [-0.1, -0.05) is 43.2 Å². The van der Waals surface area contributed by atoms with Crippen LogP contribution in [-0.4, -0.2) is 53.6 Å². The topological polar surface area (TPSA) is 151 Å². The minimum Gasteiger partial charge on any atom is -0.438 e. The molecule has 1 aromatic heterocycles. The highest BCUT2D eigenvalue weighted by Gasteiger charge is 2.34. The van der Waals surface area contributed by atoms with E-state index in [-0.39, 0.29) is 17.2 Å². The van der Waals surface area contributed by atoms with Crippen LogP contribution in [-0.2, 0) is 21.2 Å². The molecule has 0 bridgehead atoms. The van der Waals surface area contributed by atoms with Gasteiger partial charge in [0.05, 0.1) is 23.0 Å². The molecule has 0 aliphatic heterocycles. The minimum absolute atomic E-state index is 0.0773.